The summed E-state index contributed by atoms with van der Waals surface area (Å²) in [6, 6.07) is 12.8. The number of halogens is 2. The summed E-state index contributed by atoms with van der Waals surface area (Å²) in [5, 5.41) is 3.42. The van der Waals surface area contributed by atoms with E-state index in [2.05, 4.69) is 87.4 Å². The van der Waals surface area contributed by atoms with Crippen LogP contribution in [0, 0.1) is 13.8 Å². The maximum absolute atomic E-state index is 3.56. The number of nitrogens with one attached hydrogen (secondary N) is 1. The lowest BCUT2D eigenvalue weighted by atomic mass is 10.1. The number of hydrogen-bond donors (Lipinski definition) is 1. The lowest BCUT2D eigenvalue weighted by Crippen LogP contribution is -1.99. The summed E-state index contributed by atoms with van der Waals surface area (Å²) in [5.74, 6) is 0. The summed E-state index contributed by atoms with van der Waals surface area (Å²) in [7, 11) is 0. The van der Waals surface area contributed by atoms with Crippen LogP contribution in [-0.2, 0) is 6.54 Å². The quantitative estimate of drug-likeness (QED) is 0.760. The van der Waals surface area contributed by atoms with E-state index in [0.29, 0.717) is 0 Å². The van der Waals surface area contributed by atoms with Gasteiger partial charge in [0.15, 0.2) is 0 Å². The number of aryl methyl sites for hydroxylation is 2. The van der Waals surface area contributed by atoms with E-state index in [1.807, 2.05) is 0 Å². The first-order chi connectivity index (χ1) is 8.56. The van der Waals surface area contributed by atoms with E-state index in [9.17, 15) is 0 Å². The van der Waals surface area contributed by atoms with Gasteiger partial charge in [-0.05, 0) is 48.7 Å². The van der Waals surface area contributed by atoms with Gasteiger partial charge in [-0.2, -0.15) is 0 Å². The maximum Gasteiger partial charge on any atom is 0.0401 e. The molecule has 0 saturated carbocycles. The second-order valence-corrected chi connectivity index (χ2v) is 6.11. The topological polar surface area (TPSA) is 12.0 Å². The van der Waals surface area contributed by atoms with Gasteiger partial charge in [-0.15, -0.1) is 0 Å². The summed E-state index contributed by atoms with van der Waals surface area (Å²) in [5.41, 5.74) is 4.91. The molecule has 0 fully saturated rings. The molecule has 0 amide bonds. The zero-order chi connectivity index (χ0) is 13.1. The van der Waals surface area contributed by atoms with E-state index in [0.717, 1.165) is 21.2 Å². The normalized spacial score (nSPS) is 10.4. The van der Waals surface area contributed by atoms with Crippen LogP contribution in [0.3, 0.4) is 0 Å². The van der Waals surface area contributed by atoms with E-state index >= 15 is 0 Å². The van der Waals surface area contributed by atoms with Gasteiger partial charge in [0.1, 0.15) is 0 Å². The zero-order valence-corrected chi connectivity index (χ0v) is 13.6. The van der Waals surface area contributed by atoms with E-state index in [-0.39, 0.29) is 0 Å². The molecule has 0 atom stereocenters. The molecule has 0 radical (unpaired) electrons. The molecule has 0 heterocycles. The standard InChI is InChI=1S/C15H15Br2N/c1-10-3-5-12(7-14(10)16)9-18-13-6-4-11(2)15(17)8-13/h3-8,18H,9H2,1-2H3. The fourth-order valence-corrected chi connectivity index (χ4v) is 2.46. The van der Waals surface area contributed by atoms with Gasteiger partial charge in [-0.1, -0.05) is 50.1 Å². The summed E-state index contributed by atoms with van der Waals surface area (Å²) >= 11 is 7.10. The molecule has 2 rings (SSSR count). The van der Waals surface area contributed by atoms with Gasteiger partial charge in [-0.3, -0.25) is 0 Å². The van der Waals surface area contributed by atoms with Gasteiger partial charge >= 0.3 is 0 Å². The van der Waals surface area contributed by atoms with Crippen LogP contribution in [0.5, 0.6) is 0 Å². The molecule has 94 valence electrons. The Bertz CT molecular complexity index is 513. The number of anilines is 1. The summed E-state index contributed by atoms with van der Waals surface area (Å²) in [6.07, 6.45) is 0. The highest BCUT2D eigenvalue weighted by Gasteiger charge is 2.00. The van der Waals surface area contributed by atoms with E-state index in [1.54, 1.807) is 0 Å². The first kappa shape index (κ1) is 13.6. The minimum atomic E-state index is 0.828. The number of hydrogen-bond acceptors (Lipinski definition) is 1. The van der Waals surface area contributed by atoms with Crippen molar-refractivity contribution in [2.75, 3.05) is 5.32 Å². The third-order valence-corrected chi connectivity index (χ3v) is 4.61. The lowest BCUT2D eigenvalue weighted by molar-refractivity contribution is 1.14. The van der Waals surface area contributed by atoms with Crippen LogP contribution < -0.4 is 5.32 Å². The maximum atomic E-state index is 3.56. The van der Waals surface area contributed by atoms with Crippen molar-refractivity contribution in [3.8, 4) is 0 Å². The van der Waals surface area contributed by atoms with E-state index in [4.69, 9.17) is 0 Å². The molecule has 3 heteroatoms. The molecule has 0 aliphatic carbocycles. The smallest absolute Gasteiger partial charge is 0.0401 e. The molecule has 0 saturated heterocycles. The van der Waals surface area contributed by atoms with Crippen LogP contribution >= 0.6 is 31.9 Å². The van der Waals surface area contributed by atoms with Crippen LogP contribution in [0.1, 0.15) is 16.7 Å². The Hall–Kier alpha value is -0.800. The second kappa shape index (κ2) is 5.89. The van der Waals surface area contributed by atoms with Crippen molar-refractivity contribution >= 4 is 37.5 Å². The number of benzene rings is 2. The summed E-state index contributed by atoms with van der Waals surface area (Å²) in [4.78, 5) is 0. The van der Waals surface area contributed by atoms with E-state index in [1.165, 1.54) is 16.7 Å². The fraction of sp³-hybridized carbons (Fsp3) is 0.200. The molecule has 18 heavy (non-hydrogen) atoms. The number of rotatable bonds is 3. The lowest BCUT2D eigenvalue weighted by Gasteiger charge is -2.09. The van der Waals surface area contributed by atoms with Crippen LogP contribution in [-0.4, -0.2) is 0 Å². The Kier molecular flexibility index (Phi) is 4.46. The van der Waals surface area contributed by atoms with Crippen molar-refractivity contribution < 1.29 is 0 Å². The van der Waals surface area contributed by atoms with Gasteiger partial charge in [0.05, 0.1) is 0 Å². The zero-order valence-electron chi connectivity index (χ0n) is 10.4. The second-order valence-electron chi connectivity index (χ2n) is 4.40. The van der Waals surface area contributed by atoms with Crippen molar-refractivity contribution in [1.29, 1.82) is 0 Å². The molecular formula is C15H15Br2N. The van der Waals surface area contributed by atoms with Crippen molar-refractivity contribution in [1.82, 2.24) is 0 Å². The Labute approximate surface area is 125 Å². The highest BCUT2D eigenvalue weighted by Crippen LogP contribution is 2.22. The van der Waals surface area contributed by atoms with Crippen molar-refractivity contribution in [2.24, 2.45) is 0 Å². The fourth-order valence-electron chi connectivity index (χ4n) is 1.65. The van der Waals surface area contributed by atoms with Crippen molar-refractivity contribution in [3.05, 3.63) is 62.0 Å². The largest absolute Gasteiger partial charge is 0.381 e. The Balaban J connectivity index is 2.06. The Morgan fingerprint density at radius 3 is 2.11 bits per heavy atom. The first-order valence-electron chi connectivity index (χ1n) is 5.81. The average molecular weight is 369 g/mol. The molecule has 0 unspecified atom stereocenters. The van der Waals surface area contributed by atoms with Crippen LogP contribution in [0.15, 0.2) is 45.3 Å². The Morgan fingerprint density at radius 1 is 0.889 bits per heavy atom. The molecular weight excluding hydrogens is 354 g/mol. The van der Waals surface area contributed by atoms with Gasteiger partial charge in [0.2, 0.25) is 0 Å². The molecule has 0 bridgehead atoms. The minimum Gasteiger partial charge on any atom is -0.381 e. The Morgan fingerprint density at radius 2 is 1.50 bits per heavy atom. The van der Waals surface area contributed by atoms with Crippen LogP contribution in [0.25, 0.3) is 0 Å². The predicted molar refractivity (Wildman–Crippen MR) is 85.1 cm³/mol. The third-order valence-electron chi connectivity index (χ3n) is 2.90. The van der Waals surface area contributed by atoms with Crippen molar-refractivity contribution in [2.45, 2.75) is 20.4 Å². The molecule has 1 N–H and O–H groups in total. The predicted octanol–water partition coefficient (Wildman–Crippen LogP) is 5.44. The van der Waals surface area contributed by atoms with E-state index < -0.39 is 0 Å². The summed E-state index contributed by atoms with van der Waals surface area (Å²) in [6.45, 7) is 5.01. The van der Waals surface area contributed by atoms with Gasteiger partial charge in [-0.25, -0.2) is 0 Å². The molecule has 0 aliphatic rings. The molecule has 0 aromatic heterocycles. The van der Waals surface area contributed by atoms with Crippen LogP contribution in [0.2, 0.25) is 0 Å². The average Bonchev–Trinajstić information content (AvgIpc) is 2.35. The molecule has 1 nitrogen and oxygen atoms in total. The van der Waals surface area contributed by atoms with Gasteiger partial charge < -0.3 is 5.32 Å². The minimum absolute atomic E-state index is 0.828. The van der Waals surface area contributed by atoms with Gasteiger partial charge in [0, 0.05) is 21.2 Å². The molecule has 0 spiro atoms. The first-order valence-corrected chi connectivity index (χ1v) is 7.40. The van der Waals surface area contributed by atoms with Crippen molar-refractivity contribution in [3.63, 3.8) is 0 Å². The van der Waals surface area contributed by atoms with Gasteiger partial charge in [0.25, 0.3) is 0 Å². The third kappa shape index (κ3) is 3.36. The highest BCUT2D eigenvalue weighted by molar-refractivity contribution is 9.10. The summed E-state index contributed by atoms with van der Waals surface area (Å²) < 4.78 is 2.30. The SMILES string of the molecule is Cc1ccc(CNc2ccc(C)c(Br)c2)cc1Br. The molecule has 2 aromatic rings. The molecule has 0 aliphatic heterocycles. The highest BCUT2D eigenvalue weighted by atomic mass is 79.9. The van der Waals surface area contributed by atoms with Crippen LogP contribution in [0.4, 0.5) is 5.69 Å². The molecule has 2 aromatic carbocycles. The monoisotopic (exact) mass is 367 g/mol.